The molecule has 1 fully saturated rings. The number of nitrogens with one attached hydrogen (secondary N) is 1. The lowest BCUT2D eigenvalue weighted by molar-refractivity contribution is -0.0431. The lowest BCUT2D eigenvalue weighted by atomic mass is 10.2. The minimum atomic E-state index is -4.67. The highest BCUT2D eigenvalue weighted by Crippen LogP contribution is 2.44. The van der Waals surface area contributed by atoms with Crippen LogP contribution < -0.4 is 5.32 Å². The molecule has 4 N–H and O–H groups in total. The first-order valence-electron chi connectivity index (χ1n) is 7.29. The Labute approximate surface area is 136 Å². The molecule has 0 saturated carbocycles. The average molecular weight is 357 g/mol. The van der Waals surface area contributed by atoms with Crippen LogP contribution in [-0.2, 0) is 20.5 Å². The summed E-state index contributed by atoms with van der Waals surface area (Å²) in [6.07, 6.45) is 2.96. The molecule has 0 spiro atoms. The number of aromatic nitrogens is 4. The number of nitrogens with zero attached hydrogens (tertiary/aromatic N) is 4. The molecule has 2 aliphatic rings. The van der Waals surface area contributed by atoms with Crippen molar-refractivity contribution in [3.8, 4) is 11.5 Å². The summed E-state index contributed by atoms with van der Waals surface area (Å²) in [5.74, 6) is 1.43. The number of anilines is 1. The van der Waals surface area contributed by atoms with Crippen molar-refractivity contribution < 1.29 is 28.7 Å². The Balaban J connectivity index is 1.61. The minimum Gasteiger partial charge on any atom is -0.394 e. The van der Waals surface area contributed by atoms with E-state index in [9.17, 15) is 9.67 Å². The molecule has 0 aliphatic carbocycles. The van der Waals surface area contributed by atoms with E-state index in [1.807, 2.05) is 10.8 Å². The first-order chi connectivity index (χ1) is 11.5. The van der Waals surface area contributed by atoms with E-state index in [0.717, 1.165) is 5.82 Å². The van der Waals surface area contributed by atoms with Gasteiger partial charge in [-0.15, -0.1) is 0 Å². The van der Waals surface area contributed by atoms with Crippen LogP contribution in [0.1, 0.15) is 12.6 Å². The van der Waals surface area contributed by atoms with Crippen molar-refractivity contribution in [2.24, 2.45) is 0 Å². The fraction of sp³-hybridized carbons (Fsp3) is 0.500. The van der Waals surface area contributed by atoms with Crippen LogP contribution >= 0.6 is 7.82 Å². The molecule has 0 radical (unpaired) electrons. The molecule has 2 aliphatic heterocycles. The predicted molar refractivity (Wildman–Crippen MR) is 79.6 cm³/mol. The van der Waals surface area contributed by atoms with Crippen LogP contribution in [0.4, 0.5) is 5.82 Å². The van der Waals surface area contributed by atoms with Gasteiger partial charge in [0.15, 0.2) is 5.82 Å². The van der Waals surface area contributed by atoms with Gasteiger partial charge in [-0.2, -0.15) is 0 Å². The predicted octanol–water partition coefficient (Wildman–Crippen LogP) is -0.113. The normalized spacial score (nSPS) is 26.0. The zero-order valence-corrected chi connectivity index (χ0v) is 13.3. The molecule has 0 unspecified atom stereocenters. The number of hydrogen-bond donors (Lipinski definition) is 4. The summed E-state index contributed by atoms with van der Waals surface area (Å²) >= 11 is 0. The molecule has 2 aromatic rings. The van der Waals surface area contributed by atoms with E-state index in [-0.39, 0.29) is 6.42 Å². The van der Waals surface area contributed by atoms with Crippen LogP contribution in [0.15, 0.2) is 18.7 Å². The summed E-state index contributed by atoms with van der Waals surface area (Å²) in [7, 11) is -4.67. The largest absolute Gasteiger partial charge is 0.469 e. The molecule has 3 atom stereocenters. The Hall–Kier alpha value is -1.75. The highest BCUT2D eigenvalue weighted by atomic mass is 31.2. The Kier molecular flexibility index (Phi) is 3.71. The Morgan fingerprint density at radius 3 is 3.04 bits per heavy atom. The Bertz CT molecular complexity index is 800. The van der Waals surface area contributed by atoms with E-state index in [2.05, 4.69) is 15.3 Å². The van der Waals surface area contributed by atoms with Crippen LogP contribution in [-0.4, -0.2) is 52.8 Å². The molecule has 24 heavy (non-hydrogen) atoms. The summed E-state index contributed by atoms with van der Waals surface area (Å²) in [5, 5.41) is 12.6. The highest BCUT2D eigenvalue weighted by molar-refractivity contribution is 7.46. The lowest BCUT2D eigenvalue weighted by Gasteiger charge is -2.21. The van der Waals surface area contributed by atoms with Gasteiger partial charge in [0.05, 0.1) is 19.6 Å². The summed E-state index contributed by atoms with van der Waals surface area (Å²) in [6, 6.07) is 0. The molecule has 2 aromatic heterocycles. The number of phosphoric acid groups is 1. The summed E-state index contributed by atoms with van der Waals surface area (Å²) in [6.45, 7) is 0.114. The summed E-state index contributed by atoms with van der Waals surface area (Å²) in [5.41, 5.74) is 0.662. The fourth-order valence-corrected chi connectivity index (χ4v) is 3.63. The van der Waals surface area contributed by atoms with Gasteiger partial charge in [-0.3, -0.25) is 9.09 Å². The topological polar surface area (TPSA) is 144 Å². The van der Waals surface area contributed by atoms with E-state index < -0.39 is 32.9 Å². The standard InChI is InChI=1S/C12H16N5O6P/c18-4-8-7(23-24(19,20)21)3-9(22-8)17-6-14-10-11-13-1-2-16(11)5-15-12(10)17/h1-2,6-9,15,18H,3-5H2,(H2,19,20,21)/t7-,8+,9+/m0/s1. The van der Waals surface area contributed by atoms with E-state index in [4.69, 9.17) is 19.0 Å². The number of fused-ring (bicyclic) bond motifs is 3. The van der Waals surface area contributed by atoms with Gasteiger partial charge in [-0.05, 0) is 0 Å². The van der Waals surface area contributed by atoms with Crippen LogP contribution in [0.5, 0.6) is 0 Å². The Morgan fingerprint density at radius 1 is 1.46 bits per heavy atom. The number of rotatable bonds is 4. The number of aliphatic hydroxyl groups is 1. The van der Waals surface area contributed by atoms with Crippen LogP contribution in [0.3, 0.4) is 0 Å². The van der Waals surface area contributed by atoms with Gasteiger partial charge in [0, 0.05) is 18.8 Å². The Morgan fingerprint density at radius 2 is 2.29 bits per heavy atom. The van der Waals surface area contributed by atoms with Crippen LogP contribution in [0, 0.1) is 0 Å². The van der Waals surface area contributed by atoms with Crippen molar-refractivity contribution in [2.45, 2.75) is 31.5 Å². The van der Waals surface area contributed by atoms with E-state index in [1.165, 1.54) is 0 Å². The van der Waals surface area contributed by atoms with E-state index in [0.29, 0.717) is 18.2 Å². The third-order valence-corrected chi connectivity index (χ3v) is 4.63. The second-order valence-electron chi connectivity index (χ2n) is 5.59. The number of aliphatic hydroxyl groups excluding tert-OH is 1. The molecule has 0 bridgehead atoms. The second kappa shape index (κ2) is 5.66. The van der Waals surface area contributed by atoms with Crippen molar-refractivity contribution in [1.82, 2.24) is 19.1 Å². The van der Waals surface area contributed by atoms with Gasteiger partial charge in [-0.1, -0.05) is 0 Å². The molecule has 4 rings (SSSR count). The molecule has 1 saturated heterocycles. The zero-order chi connectivity index (χ0) is 16.9. The number of ether oxygens (including phenoxy) is 1. The minimum absolute atomic E-state index is 0.176. The van der Waals surface area contributed by atoms with E-state index >= 15 is 0 Å². The molecule has 0 aromatic carbocycles. The average Bonchev–Trinajstić information content (AvgIpc) is 3.21. The van der Waals surface area contributed by atoms with Crippen LogP contribution in [0.2, 0.25) is 0 Å². The van der Waals surface area contributed by atoms with Gasteiger partial charge in [-0.25, -0.2) is 14.5 Å². The maximum atomic E-state index is 11.1. The van der Waals surface area contributed by atoms with Gasteiger partial charge < -0.3 is 29.5 Å². The summed E-state index contributed by atoms with van der Waals surface area (Å²) < 4.78 is 25.1. The zero-order valence-electron chi connectivity index (χ0n) is 12.4. The number of phosphoric ester groups is 1. The molecule has 11 nitrogen and oxygen atoms in total. The first-order valence-corrected chi connectivity index (χ1v) is 8.82. The molecular formula is C12H16N5O6P. The smallest absolute Gasteiger partial charge is 0.394 e. The molecule has 0 amide bonds. The van der Waals surface area contributed by atoms with Gasteiger partial charge in [0.25, 0.3) is 0 Å². The number of imidazole rings is 2. The monoisotopic (exact) mass is 357 g/mol. The second-order valence-corrected chi connectivity index (χ2v) is 6.78. The maximum Gasteiger partial charge on any atom is 0.469 e. The van der Waals surface area contributed by atoms with Gasteiger partial charge in [0.1, 0.15) is 29.9 Å². The quantitative estimate of drug-likeness (QED) is 0.551. The third-order valence-electron chi connectivity index (χ3n) is 4.08. The van der Waals surface area contributed by atoms with Crippen LogP contribution in [0.25, 0.3) is 11.5 Å². The van der Waals surface area contributed by atoms with Crippen molar-refractivity contribution >= 4 is 13.6 Å². The molecule has 130 valence electrons. The van der Waals surface area contributed by atoms with Gasteiger partial charge >= 0.3 is 7.82 Å². The van der Waals surface area contributed by atoms with Gasteiger partial charge in [0.2, 0.25) is 0 Å². The third kappa shape index (κ3) is 2.65. The first kappa shape index (κ1) is 15.8. The lowest BCUT2D eigenvalue weighted by Crippen LogP contribution is -2.26. The van der Waals surface area contributed by atoms with Crippen molar-refractivity contribution in [2.75, 3.05) is 11.9 Å². The fourth-order valence-electron chi connectivity index (χ4n) is 3.05. The molecular weight excluding hydrogens is 341 g/mol. The van der Waals surface area contributed by atoms with E-state index in [1.54, 1.807) is 17.1 Å². The summed E-state index contributed by atoms with van der Waals surface area (Å²) in [4.78, 5) is 26.6. The number of hydrogen-bond acceptors (Lipinski definition) is 7. The van der Waals surface area contributed by atoms with Crippen molar-refractivity contribution in [1.29, 1.82) is 0 Å². The van der Waals surface area contributed by atoms with Crippen molar-refractivity contribution in [3.05, 3.63) is 18.7 Å². The molecule has 12 heteroatoms. The maximum absolute atomic E-state index is 11.1. The van der Waals surface area contributed by atoms with Crippen molar-refractivity contribution in [3.63, 3.8) is 0 Å². The SMILES string of the molecule is O=P(O)(O)O[C@H]1C[C@H](n2cnc3c2NCn2ccnc2-3)O[C@@H]1CO. The molecule has 4 heterocycles. The highest BCUT2D eigenvalue weighted by Gasteiger charge is 2.41.